The Morgan fingerprint density at radius 2 is 1.60 bits per heavy atom. The maximum absolute atomic E-state index is 14.4. The Labute approximate surface area is 235 Å². The molecule has 7 nitrogen and oxygen atoms in total. The molecule has 4 amide bonds. The first-order valence-corrected chi connectivity index (χ1v) is 13.5. The second-order valence-corrected chi connectivity index (χ2v) is 11.4. The number of carbonyl (C=O) groups excluding carboxylic acids is 3. The van der Waals surface area contributed by atoms with Gasteiger partial charge in [-0.15, -0.1) is 0 Å². The van der Waals surface area contributed by atoms with Gasteiger partial charge in [-0.2, -0.15) is 0 Å². The molecule has 4 rings (SSSR count). The van der Waals surface area contributed by atoms with E-state index in [2.05, 4.69) is 10.6 Å². The molecule has 0 aromatic heterocycles. The molecule has 1 aliphatic rings. The maximum atomic E-state index is 14.4. The maximum Gasteiger partial charge on any atom is 0.319 e. The van der Waals surface area contributed by atoms with Crippen molar-refractivity contribution in [3.63, 3.8) is 0 Å². The predicted molar refractivity (Wildman–Crippen MR) is 154 cm³/mol. The van der Waals surface area contributed by atoms with Gasteiger partial charge in [0, 0.05) is 12.6 Å². The fourth-order valence-corrected chi connectivity index (χ4v) is 5.48. The molecule has 0 bridgehead atoms. The number of urea groups is 1. The molecule has 3 aromatic carbocycles. The van der Waals surface area contributed by atoms with Crippen LogP contribution in [-0.2, 0) is 9.59 Å². The molecule has 1 fully saturated rings. The van der Waals surface area contributed by atoms with Crippen LogP contribution in [0.15, 0.2) is 78.9 Å². The fourth-order valence-electron chi connectivity index (χ4n) is 5.48. The van der Waals surface area contributed by atoms with E-state index in [9.17, 15) is 18.8 Å². The van der Waals surface area contributed by atoms with Gasteiger partial charge in [-0.1, -0.05) is 54.6 Å². The highest BCUT2D eigenvalue weighted by molar-refractivity contribution is 5.94. The van der Waals surface area contributed by atoms with Crippen molar-refractivity contribution in [2.45, 2.75) is 71.0 Å². The number of amides is 4. The van der Waals surface area contributed by atoms with Crippen LogP contribution in [0.2, 0.25) is 0 Å². The zero-order valence-electron chi connectivity index (χ0n) is 23.6. The second kappa shape index (κ2) is 11.9. The van der Waals surface area contributed by atoms with E-state index >= 15 is 0 Å². The Morgan fingerprint density at radius 1 is 0.925 bits per heavy atom. The number of benzene rings is 3. The van der Waals surface area contributed by atoms with Crippen molar-refractivity contribution in [3.05, 3.63) is 101 Å². The topological polar surface area (TPSA) is 81.8 Å². The third kappa shape index (κ3) is 6.68. The molecule has 1 saturated heterocycles. The number of anilines is 1. The number of hydrogen-bond acceptors (Lipinski definition) is 3. The van der Waals surface area contributed by atoms with Gasteiger partial charge in [0.25, 0.3) is 5.91 Å². The minimum absolute atomic E-state index is 0.136. The summed E-state index contributed by atoms with van der Waals surface area (Å²) in [7, 11) is 0. The van der Waals surface area contributed by atoms with Gasteiger partial charge >= 0.3 is 6.03 Å². The van der Waals surface area contributed by atoms with E-state index in [4.69, 9.17) is 0 Å². The second-order valence-electron chi connectivity index (χ2n) is 11.4. The summed E-state index contributed by atoms with van der Waals surface area (Å²) in [6, 6.07) is 21.2. The van der Waals surface area contributed by atoms with Gasteiger partial charge in [-0.3, -0.25) is 9.59 Å². The van der Waals surface area contributed by atoms with E-state index in [1.54, 1.807) is 18.2 Å². The highest BCUT2D eigenvalue weighted by Gasteiger charge is 2.45. The van der Waals surface area contributed by atoms with Crippen LogP contribution in [0.3, 0.4) is 0 Å². The largest absolute Gasteiger partial charge is 0.326 e. The van der Waals surface area contributed by atoms with Crippen LogP contribution in [0.25, 0.3) is 0 Å². The molecule has 3 unspecified atom stereocenters. The molecule has 0 saturated carbocycles. The van der Waals surface area contributed by atoms with Crippen LogP contribution in [-0.4, -0.2) is 39.4 Å². The summed E-state index contributed by atoms with van der Waals surface area (Å²) in [5, 5.41) is 8.67. The van der Waals surface area contributed by atoms with E-state index < -0.39 is 29.6 Å². The Morgan fingerprint density at radius 3 is 2.20 bits per heavy atom. The molecule has 1 heterocycles. The van der Waals surface area contributed by atoms with Gasteiger partial charge in [0.05, 0.1) is 11.6 Å². The number of nitrogens with zero attached hydrogens (tertiary/aromatic N) is 2. The molecular formula is C32H37FN4O3. The van der Waals surface area contributed by atoms with Crippen molar-refractivity contribution >= 4 is 23.5 Å². The normalized spacial score (nSPS) is 19.5. The van der Waals surface area contributed by atoms with E-state index in [1.807, 2.05) is 76.2 Å². The molecule has 3 atom stereocenters. The molecule has 2 N–H and O–H groups in total. The number of rotatable bonds is 5. The summed E-state index contributed by atoms with van der Waals surface area (Å²) >= 11 is 0. The van der Waals surface area contributed by atoms with E-state index in [0.29, 0.717) is 24.1 Å². The van der Waals surface area contributed by atoms with Crippen LogP contribution < -0.4 is 10.6 Å². The van der Waals surface area contributed by atoms with E-state index in [1.165, 1.54) is 29.1 Å². The molecular weight excluding hydrogens is 507 g/mol. The van der Waals surface area contributed by atoms with Crippen LogP contribution in [0.4, 0.5) is 14.9 Å². The van der Waals surface area contributed by atoms with Gasteiger partial charge in [-0.05, 0) is 87.4 Å². The molecule has 40 heavy (non-hydrogen) atoms. The number of nitrogens with one attached hydrogen (secondary N) is 2. The Hall–Kier alpha value is -4.20. The molecule has 8 heteroatoms. The molecule has 3 aromatic rings. The smallest absolute Gasteiger partial charge is 0.319 e. The summed E-state index contributed by atoms with van der Waals surface area (Å²) in [6.45, 7) is 8.92. The predicted octanol–water partition coefficient (Wildman–Crippen LogP) is 6.33. The summed E-state index contributed by atoms with van der Waals surface area (Å²) < 4.78 is 13.9. The molecule has 210 valence electrons. The first-order chi connectivity index (χ1) is 18.9. The van der Waals surface area contributed by atoms with Crippen molar-refractivity contribution in [3.8, 4) is 0 Å². The highest BCUT2D eigenvalue weighted by atomic mass is 19.1. The van der Waals surface area contributed by atoms with Crippen LogP contribution >= 0.6 is 0 Å². The lowest BCUT2D eigenvalue weighted by Gasteiger charge is -2.47. The van der Waals surface area contributed by atoms with Crippen LogP contribution in [0, 0.1) is 12.7 Å². The molecule has 0 spiro atoms. The van der Waals surface area contributed by atoms with Gasteiger partial charge in [0.15, 0.2) is 0 Å². The third-order valence-corrected chi connectivity index (χ3v) is 7.10. The number of hydrazine groups is 1. The van der Waals surface area contributed by atoms with Crippen molar-refractivity contribution in [2.24, 2.45) is 0 Å². The first-order valence-electron chi connectivity index (χ1n) is 13.5. The quantitative estimate of drug-likeness (QED) is 0.394. The van der Waals surface area contributed by atoms with Crippen molar-refractivity contribution in [2.75, 3.05) is 5.32 Å². The van der Waals surface area contributed by atoms with Gasteiger partial charge in [0.1, 0.15) is 11.9 Å². The Balaban J connectivity index is 1.79. The summed E-state index contributed by atoms with van der Waals surface area (Å²) in [4.78, 5) is 40.7. The summed E-state index contributed by atoms with van der Waals surface area (Å²) in [5.74, 6) is -1.24. The Bertz CT molecular complexity index is 1350. The first kappa shape index (κ1) is 28.8. The third-order valence-electron chi connectivity index (χ3n) is 7.10. The summed E-state index contributed by atoms with van der Waals surface area (Å²) in [6.07, 6.45) is 0.799. The number of aryl methyl sites for hydroxylation is 1. The molecule has 0 radical (unpaired) electrons. The minimum Gasteiger partial charge on any atom is -0.326 e. The lowest BCUT2D eigenvalue weighted by atomic mass is 9.86. The van der Waals surface area contributed by atoms with Gasteiger partial charge in [0.2, 0.25) is 5.91 Å². The van der Waals surface area contributed by atoms with Crippen molar-refractivity contribution < 1.29 is 18.8 Å². The van der Waals surface area contributed by atoms with Crippen LogP contribution in [0.1, 0.15) is 69.2 Å². The number of carbonyl (C=O) groups is 3. The van der Waals surface area contributed by atoms with E-state index in [-0.39, 0.29) is 17.6 Å². The Kier molecular flexibility index (Phi) is 8.57. The van der Waals surface area contributed by atoms with Gasteiger partial charge in [-0.25, -0.2) is 19.2 Å². The number of hydrogen-bond donors (Lipinski definition) is 2. The standard InChI is InChI=1S/C32H37FN4O3/c1-21-10-9-13-27(18-21)34-31(40)35-28-19-25(23-11-7-6-8-12-23)20-29(24-14-16-26(33)17-15-24)36(30(28)39)37(22(2)38)32(3,4)5/h6-18,25,28-29H,19-20H2,1-5H3,(H2,34,35,40). The average Bonchev–Trinajstić information content (AvgIpc) is 3.01. The van der Waals surface area contributed by atoms with Gasteiger partial charge < -0.3 is 10.6 Å². The lowest BCUT2D eigenvalue weighted by Crippen LogP contribution is -2.61. The molecule has 1 aliphatic heterocycles. The van der Waals surface area contributed by atoms with Crippen molar-refractivity contribution in [1.29, 1.82) is 0 Å². The fraction of sp³-hybridized carbons (Fsp3) is 0.344. The summed E-state index contributed by atoms with van der Waals surface area (Å²) in [5.41, 5.74) is 2.57. The zero-order valence-corrected chi connectivity index (χ0v) is 23.6. The lowest BCUT2D eigenvalue weighted by molar-refractivity contribution is -0.181. The zero-order chi connectivity index (χ0) is 29.0. The average molecular weight is 545 g/mol. The monoisotopic (exact) mass is 544 g/mol. The SMILES string of the molecule is CC(=O)N(N1C(=O)C(NC(=O)Nc2cccc(C)c2)CC(c2ccccc2)CC1c1ccc(F)cc1)C(C)(C)C. The molecule has 0 aliphatic carbocycles. The highest BCUT2D eigenvalue weighted by Crippen LogP contribution is 2.41. The van der Waals surface area contributed by atoms with Crippen molar-refractivity contribution in [1.82, 2.24) is 15.3 Å². The number of halogens is 1. The minimum atomic E-state index is -0.926. The van der Waals surface area contributed by atoms with Crippen LogP contribution in [0.5, 0.6) is 0 Å². The van der Waals surface area contributed by atoms with E-state index in [0.717, 1.165) is 11.1 Å².